The molecule has 1 aliphatic rings. The van der Waals surface area contributed by atoms with Crippen molar-refractivity contribution in [3.63, 3.8) is 0 Å². The van der Waals surface area contributed by atoms with Gasteiger partial charge in [-0.15, -0.1) is 23.7 Å². The summed E-state index contributed by atoms with van der Waals surface area (Å²) >= 11 is 1.73. The number of methoxy groups -OCH3 is 1. The predicted molar refractivity (Wildman–Crippen MR) is 67.9 cm³/mol. The van der Waals surface area contributed by atoms with E-state index in [1.165, 1.54) is 4.88 Å². The summed E-state index contributed by atoms with van der Waals surface area (Å²) in [5.41, 5.74) is 5.85. The van der Waals surface area contributed by atoms with E-state index >= 15 is 0 Å². The average Bonchev–Trinajstić information content (AvgIpc) is 2.78. The zero-order valence-electron chi connectivity index (χ0n) is 9.39. The van der Waals surface area contributed by atoms with Gasteiger partial charge in [0.2, 0.25) is 0 Å². The summed E-state index contributed by atoms with van der Waals surface area (Å²) in [7, 11) is 1.71. The number of hydrogen-bond donors (Lipinski definition) is 1. The van der Waals surface area contributed by atoms with Gasteiger partial charge in [-0.2, -0.15) is 0 Å². The number of likely N-dealkylation sites (tertiary alicyclic amines) is 1. The molecular formula is C10H18ClN3OS. The smallest absolute Gasteiger partial charge is 0.107 e. The third-order valence-corrected chi connectivity index (χ3v) is 3.51. The second-order valence-corrected chi connectivity index (χ2v) is 5.14. The molecule has 1 aromatic heterocycles. The molecule has 0 radical (unpaired) electrons. The zero-order valence-corrected chi connectivity index (χ0v) is 11.0. The van der Waals surface area contributed by atoms with Crippen molar-refractivity contribution in [3.05, 3.63) is 16.1 Å². The fraction of sp³-hybridized carbons (Fsp3) is 0.700. The van der Waals surface area contributed by atoms with Crippen molar-refractivity contribution in [1.82, 2.24) is 9.88 Å². The largest absolute Gasteiger partial charge is 0.379 e. The Morgan fingerprint density at radius 2 is 2.50 bits per heavy atom. The molecule has 0 unspecified atom stereocenters. The van der Waals surface area contributed by atoms with Crippen LogP contribution in [-0.2, 0) is 17.9 Å². The Morgan fingerprint density at radius 3 is 3.12 bits per heavy atom. The Kier molecular flexibility index (Phi) is 5.64. The SMILES string of the molecule is COCc1cnc(CN2CC[C@H](N)C2)s1.Cl. The van der Waals surface area contributed by atoms with Crippen LogP contribution in [0.2, 0.25) is 0 Å². The highest BCUT2D eigenvalue weighted by Gasteiger charge is 2.19. The van der Waals surface area contributed by atoms with Crippen LogP contribution in [0.1, 0.15) is 16.3 Å². The topological polar surface area (TPSA) is 51.4 Å². The van der Waals surface area contributed by atoms with Gasteiger partial charge in [0.25, 0.3) is 0 Å². The van der Waals surface area contributed by atoms with Crippen molar-refractivity contribution in [2.75, 3.05) is 20.2 Å². The molecule has 1 aliphatic heterocycles. The van der Waals surface area contributed by atoms with Crippen LogP contribution in [0, 0.1) is 0 Å². The van der Waals surface area contributed by atoms with E-state index in [9.17, 15) is 0 Å². The summed E-state index contributed by atoms with van der Waals surface area (Å²) in [5.74, 6) is 0. The second-order valence-electron chi connectivity index (χ2n) is 3.94. The van der Waals surface area contributed by atoms with Gasteiger partial charge in [-0.3, -0.25) is 4.90 Å². The molecule has 92 valence electrons. The van der Waals surface area contributed by atoms with Crippen LogP contribution in [0.25, 0.3) is 0 Å². The average molecular weight is 264 g/mol. The molecule has 0 aromatic carbocycles. The van der Waals surface area contributed by atoms with E-state index in [2.05, 4.69) is 9.88 Å². The Morgan fingerprint density at radius 1 is 1.69 bits per heavy atom. The van der Waals surface area contributed by atoms with Crippen molar-refractivity contribution in [1.29, 1.82) is 0 Å². The van der Waals surface area contributed by atoms with Gasteiger partial charge in [-0.25, -0.2) is 4.98 Å². The van der Waals surface area contributed by atoms with E-state index in [4.69, 9.17) is 10.5 Å². The number of thiazole rings is 1. The van der Waals surface area contributed by atoms with Crippen molar-refractivity contribution in [2.24, 2.45) is 5.73 Å². The summed E-state index contributed by atoms with van der Waals surface area (Å²) in [6.45, 7) is 3.69. The molecule has 1 aromatic rings. The van der Waals surface area contributed by atoms with Gasteiger partial charge in [-0.1, -0.05) is 0 Å². The number of halogens is 1. The molecule has 6 heteroatoms. The van der Waals surface area contributed by atoms with E-state index in [0.29, 0.717) is 12.6 Å². The molecule has 0 aliphatic carbocycles. The summed E-state index contributed by atoms with van der Waals surface area (Å²) in [4.78, 5) is 7.93. The quantitative estimate of drug-likeness (QED) is 0.888. The molecule has 16 heavy (non-hydrogen) atoms. The number of aromatic nitrogens is 1. The van der Waals surface area contributed by atoms with E-state index in [-0.39, 0.29) is 12.4 Å². The van der Waals surface area contributed by atoms with E-state index in [1.54, 1.807) is 18.4 Å². The zero-order chi connectivity index (χ0) is 10.7. The van der Waals surface area contributed by atoms with Gasteiger partial charge < -0.3 is 10.5 Å². The molecule has 0 bridgehead atoms. The van der Waals surface area contributed by atoms with E-state index in [1.807, 2.05) is 6.20 Å². The highest BCUT2D eigenvalue weighted by Crippen LogP contribution is 2.18. The summed E-state index contributed by atoms with van der Waals surface area (Å²) in [6, 6.07) is 0.350. The van der Waals surface area contributed by atoms with Crippen LogP contribution in [0.5, 0.6) is 0 Å². The van der Waals surface area contributed by atoms with Crippen molar-refractivity contribution in [2.45, 2.75) is 25.6 Å². The van der Waals surface area contributed by atoms with Crippen LogP contribution in [0.3, 0.4) is 0 Å². The summed E-state index contributed by atoms with van der Waals surface area (Å²) < 4.78 is 5.07. The lowest BCUT2D eigenvalue weighted by atomic mass is 10.3. The molecule has 0 amide bonds. The normalized spacial score (nSPS) is 21.0. The highest BCUT2D eigenvalue weighted by molar-refractivity contribution is 7.11. The first-order valence-corrected chi connectivity index (χ1v) is 6.00. The maximum atomic E-state index is 5.85. The van der Waals surface area contributed by atoms with Gasteiger partial charge in [-0.05, 0) is 6.42 Å². The Hall–Kier alpha value is -0.200. The predicted octanol–water partition coefficient (Wildman–Crippen LogP) is 1.24. The van der Waals surface area contributed by atoms with E-state index < -0.39 is 0 Å². The molecule has 2 heterocycles. The maximum Gasteiger partial charge on any atom is 0.107 e. The van der Waals surface area contributed by atoms with Gasteiger partial charge in [0.05, 0.1) is 18.0 Å². The number of nitrogens with two attached hydrogens (primary N) is 1. The standard InChI is InChI=1S/C10H17N3OS.ClH/c1-14-7-9-4-12-10(15-9)6-13-3-2-8(11)5-13;/h4,8H,2-3,5-7,11H2,1H3;1H/t8-;/m0./s1. The minimum absolute atomic E-state index is 0. The minimum Gasteiger partial charge on any atom is -0.379 e. The Bertz CT molecular complexity index is 321. The molecule has 1 atom stereocenters. The fourth-order valence-corrected chi connectivity index (χ4v) is 2.76. The summed E-state index contributed by atoms with van der Waals surface area (Å²) in [5, 5.41) is 1.16. The van der Waals surface area contributed by atoms with Gasteiger partial charge >= 0.3 is 0 Å². The third-order valence-electron chi connectivity index (χ3n) is 2.56. The molecule has 0 saturated carbocycles. The molecule has 4 nitrogen and oxygen atoms in total. The highest BCUT2D eigenvalue weighted by atomic mass is 35.5. The molecular weight excluding hydrogens is 246 g/mol. The lowest BCUT2D eigenvalue weighted by Gasteiger charge is -2.12. The van der Waals surface area contributed by atoms with Crippen LogP contribution in [-0.4, -0.2) is 36.1 Å². The molecule has 1 saturated heterocycles. The maximum absolute atomic E-state index is 5.85. The number of hydrogen-bond acceptors (Lipinski definition) is 5. The van der Waals surface area contributed by atoms with Gasteiger partial charge in [0.1, 0.15) is 5.01 Å². The van der Waals surface area contributed by atoms with Gasteiger partial charge in [0, 0.05) is 32.4 Å². The molecule has 2 N–H and O–H groups in total. The lowest BCUT2D eigenvalue weighted by Crippen LogP contribution is -2.26. The fourth-order valence-electron chi connectivity index (χ4n) is 1.83. The first-order valence-electron chi connectivity index (χ1n) is 5.18. The van der Waals surface area contributed by atoms with Crippen molar-refractivity contribution in [3.8, 4) is 0 Å². The number of rotatable bonds is 4. The lowest BCUT2D eigenvalue weighted by molar-refractivity contribution is 0.187. The second kappa shape index (κ2) is 6.51. The molecule has 0 spiro atoms. The monoisotopic (exact) mass is 263 g/mol. The van der Waals surface area contributed by atoms with Crippen LogP contribution in [0.15, 0.2) is 6.20 Å². The van der Waals surface area contributed by atoms with Gasteiger partial charge in [0.15, 0.2) is 0 Å². The third kappa shape index (κ3) is 3.68. The van der Waals surface area contributed by atoms with Crippen LogP contribution >= 0.6 is 23.7 Å². The van der Waals surface area contributed by atoms with Crippen LogP contribution < -0.4 is 5.73 Å². The van der Waals surface area contributed by atoms with Crippen LogP contribution in [0.4, 0.5) is 0 Å². The van der Waals surface area contributed by atoms with Crippen molar-refractivity contribution >= 4 is 23.7 Å². The first kappa shape index (κ1) is 13.9. The number of ether oxygens (including phenoxy) is 1. The Labute approximate surface area is 106 Å². The molecule has 2 rings (SSSR count). The Balaban J connectivity index is 0.00000128. The summed E-state index contributed by atoms with van der Waals surface area (Å²) in [6.07, 6.45) is 3.01. The first-order chi connectivity index (χ1) is 7.28. The van der Waals surface area contributed by atoms with Crippen molar-refractivity contribution < 1.29 is 4.74 Å². The van der Waals surface area contributed by atoms with E-state index in [0.717, 1.165) is 31.1 Å². The minimum atomic E-state index is 0. The number of nitrogens with zero attached hydrogens (tertiary/aromatic N) is 2. The molecule has 1 fully saturated rings.